The molecule has 1 aromatic carbocycles. The molecular weight excluding hydrogens is 320 g/mol. The van der Waals surface area contributed by atoms with Crippen LogP contribution >= 0.6 is 0 Å². The van der Waals surface area contributed by atoms with Crippen LogP contribution in [0.1, 0.15) is 37.5 Å². The highest BCUT2D eigenvalue weighted by atomic mass is 16.4. The highest BCUT2D eigenvalue weighted by Gasteiger charge is 2.31. The molecule has 25 heavy (non-hydrogen) atoms. The van der Waals surface area contributed by atoms with Gasteiger partial charge >= 0.3 is 0 Å². The second-order valence-corrected chi connectivity index (χ2v) is 7.08. The Kier molecular flexibility index (Phi) is 4.56. The van der Waals surface area contributed by atoms with E-state index in [1.165, 1.54) is 6.07 Å². The monoisotopic (exact) mass is 344 g/mol. The summed E-state index contributed by atoms with van der Waals surface area (Å²) in [6.07, 6.45) is -0.101. The lowest BCUT2D eigenvalue weighted by Gasteiger charge is -2.35. The first-order valence-electron chi connectivity index (χ1n) is 8.58. The molecule has 1 fully saturated rings. The van der Waals surface area contributed by atoms with E-state index in [2.05, 4.69) is 0 Å². The SMILES string of the molecule is Cc1cc(C(C)O)c2oc(N3CCC(C(N)=O)C(C)C3)cc(=O)c2c1. The smallest absolute Gasteiger partial charge is 0.220 e. The Morgan fingerprint density at radius 3 is 2.72 bits per heavy atom. The van der Waals surface area contributed by atoms with Gasteiger partial charge in [0, 0.05) is 30.6 Å². The van der Waals surface area contributed by atoms with Gasteiger partial charge in [-0.3, -0.25) is 9.59 Å². The van der Waals surface area contributed by atoms with E-state index in [-0.39, 0.29) is 23.2 Å². The molecule has 1 amide bonds. The number of amides is 1. The first kappa shape index (κ1) is 17.5. The number of aliphatic hydroxyl groups is 1. The molecule has 134 valence electrons. The molecule has 1 aliphatic heterocycles. The van der Waals surface area contributed by atoms with Crippen LogP contribution in [-0.2, 0) is 4.79 Å². The number of hydrogen-bond donors (Lipinski definition) is 2. The summed E-state index contributed by atoms with van der Waals surface area (Å²) in [4.78, 5) is 26.0. The normalized spacial score (nSPS) is 22.2. The summed E-state index contributed by atoms with van der Waals surface area (Å²) in [5.41, 5.74) is 7.25. The molecule has 3 rings (SSSR count). The predicted molar refractivity (Wildman–Crippen MR) is 96.5 cm³/mol. The average Bonchev–Trinajstić information content (AvgIpc) is 2.54. The van der Waals surface area contributed by atoms with Crippen molar-refractivity contribution in [3.63, 3.8) is 0 Å². The third kappa shape index (κ3) is 3.26. The molecule has 2 aromatic rings. The number of aryl methyl sites for hydroxylation is 1. The fraction of sp³-hybridized carbons (Fsp3) is 0.474. The van der Waals surface area contributed by atoms with Crippen molar-refractivity contribution in [1.82, 2.24) is 0 Å². The van der Waals surface area contributed by atoms with Crippen molar-refractivity contribution in [2.24, 2.45) is 17.6 Å². The minimum absolute atomic E-state index is 0.0847. The molecule has 0 bridgehead atoms. The highest BCUT2D eigenvalue weighted by molar-refractivity contribution is 5.82. The predicted octanol–water partition coefficient (Wildman–Crippen LogP) is 2.10. The first-order valence-corrected chi connectivity index (χ1v) is 8.58. The van der Waals surface area contributed by atoms with Gasteiger partial charge in [0.05, 0.1) is 11.5 Å². The van der Waals surface area contributed by atoms with Crippen LogP contribution in [-0.4, -0.2) is 24.1 Å². The van der Waals surface area contributed by atoms with E-state index in [4.69, 9.17) is 10.2 Å². The minimum atomic E-state index is -0.736. The summed E-state index contributed by atoms with van der Waals surface area (Å²) in [5, 5.41) is 10.5. The molecule has 3 atom stereocenters. The third-order valence-corrected chi connectivity index (χ3v) is 5.02. The molecule has 1 aromatic heterocycles. The molecule has 0 radical (unpaired) electrons. The van der Waals surface area contributed by atoms with E-state index in [0.717, 1.165) is 5.56 Å². The number of carbonyl (C=O) groups excluding carboxylic acids is 1. The van der Waals surface area contributed by atoms with E-state index in [1.807, 2.05) is 24.8 Å². The summed E-state index contributed by atoms with van der Waals surface area (Å²) in [7, 11) is 0. The Morgan fingerprint density at radius 1 is 1.40 bits per heavy atom. The van der Waals surface area contributed by atoms with Crippen LogP contribution < -0.4 is 16.1 Å². The number of piperidine rings is 1. The number of nitrogens with two attached hydrogens (primary N) is 1. The zero-order chi connectivity index (χ0) is 18.3. The lowest BCUT2D eigenvalue weighted by Crippen LogP contribution is -2.44. The number of primary amides is 1. The van der Waals surface area contributed by atoms with Crippen molar-refractivity contribution < 1.29 is 14.3 Å². The van der Waals surface area contributed by atoms with Crippen molar-refractivity contribution in [1.29, 1.82) is 0 Å². The van der Waals surface area contributed by atoms with Gasteiger partial charge in [0.15, 0.2) is 11.3 Å². The molecular formula is C19H24N2O4. The topological polar surface area (TPSA) is 96.8 Å². The molecule has 6 heteroatoms. The van der Waals surface area contributed by atoms with Gasteiger partial charge in [0.25, 0.3) is 0 Å². The lowest BCUT2D eigenvalue weighted by atomic mass is 9.86. The number of benzene rings is 1. The highest BCUT2D eigenvalue weighted by Crippen LogP contribution is 2.31. The van der Waals surface area contributed by atoms with Gasteiger partial charge in [0.1, 0.15) is 5.58 Å². The second-order valence-electron chi connectivity index (χ2n) is 7.08. The molecule has 1 aliphatic rings. The average molecular weight is 344 g/mol. The van der Waals surface area contributed by atoms with Crippen LogP contribution in [0.3, 0.4) is 0 Å². The maximum Gasteiger partial charge on any atom is 0.220 e. The van der Waals surface area contributed by atoms with Crippen molar-refractivity contribution in [3.05, 3.63) is 39.5 Å². The van der Waals surface area contributed by atoms with Gasteiger partial charge in [-0.1, -0.05) is 6.92 Å². The zero-order valence-electron chi connectivity index (χ0n) is 14.8. The third-order valence-electron chi connectivity index (χ3n) is 5.02. The zero-order valence-corrected chi connectivity index (χ0v) is 14.8. The van der Waals surface area contributed by atoms with Gasteiger partial charge in [0.2, 0.25) is 5.91 Å². The van der Waals surface area contributed by atoms with Crippen molar-refractivity contribution in [2.45, 2.75) is 33.3 Å². The largest absolute Gasteiger partial charge is 0.440 e. The number of nitrogens with zero attached hydrogens (tertiary/aromatic N) is 1. The molecule has 0 saturated carbocycles. The maximum atomic E-state index is 12.6. The molecule has 1 saturated heterocycles. The molecule has 0 spiro atoms. The van der Waals surface area contributed by atoms with E-state index in [9.17, 15) is 14.7 Å². The van der Waals surface area contributed by atoms with Crippen LogP contribution in [0.4, 0.5) is 5.88 Å². The van der Waals surface area contributed by atoms with Gasteiger partial charge < -0.3 is 20.2 Å². The standard InChI is InChI=1S/C19H24N2O4/c1-10-6-14(12(3)22)18-15(7-10)16(23)8-17(25-18)21-5-4-13(19(20)24)11(2)9-21/h6-8,11-13,22H,4-5,9H2,1-3H3,(H2,20,24). The van der Waals surface area contributed by atoms with Crippen LogP contribution in [0, 0.1) is 18.8 Å². The first-order chi connectivity index (χ1) is 11.8. The summed E-state index contributed by atoms with van der Waals surface area (Å²) < 4.78 is 6.02. The Hall–Kier alpha value is -2.34. The fourth-order valence-corrected chi connectivity index (χ4v) is 3.66. The van der Waals surface area contributed by atoms with Crippen molar-refractivity contribution in [2.75, 3.05) is 18.0 Å². The van der Waals surface area contributed by atoms with E-state index in [1.54, 1.807) is 13.0 Å². The molecule has 2 heterocycles. The summed E-state index contributed by atoms with van der Waals surface area (Å²) in [6.45, 7) is 6.71. The van der Waals surface area contributed by atoms with Crippen LogP contribution in [0.5, 0.6) is 0 Å². The number of rotatable bonds is 3. The van der Waals surface area contributed by atoms with E-state index in [0.29, 0.717) is 41.9 Å². The summed E-state index contributed by atoms with van der Waals surface area (Å²) in [6, 6.07) is 5.10. The maximum absolute atomic E-state index is 12.6. The quantitative estimate of drug-likeness (QED) is 0.889. The van der Waals surface area contributed by atoms with Crippen LogP contribution in [0.2, 0.25) is 0 Å². The molecule has 6 nitrogen and oxygen atoms in total. The van der Waals surface area contributed by atoms with Crippen LogP contribution in [0.15, 0.2) is 27.4 Å². The molecule has 3 unspecified atom stereocenters. The van der Waals surface area contributed by atoms with Gasteiger partial charge in [-0.15, -0.1) is 0 Å². The number of fused-ring (bicyclic) bond motifs is 1. The number of anilines is 1. The Balaban J connectivity index is 2.04. The van der Waals surface area contributed by atoms with E-state index >= 15 is 0 Å². The number of aliphatic hydroxyl groups excluding tert-OH is 1. The van der Waals surface area contributed by atoms with Gasteiger partial charge in [-0.05, 0) is 43.9 Å². The fourth-order valence-electron chi connectivity index (χ4n) is 3.66. The summed E-state index contributed by atoms with van der Waals surface area (Å²) >= 11 is 0. The summed E-state index contributed by atoms with van der Waals surface area (Å²) in [5.74, 6) is 0.123. The Bertz CT molecular complexity index is 872. The lowest BCUT2D eigenvalue weighted by molar-refractivity contribution is -0.123. The van der Waals surface area contributed by atoms with E-state index < -0.39 is 6.10 Å². The van der Waals surface area contributed by atoms with Crippen LogP contribution in [0.25, 0.3) is 11.0 Å². The second kappa shape index (κ2) is 6.52. The van der Waals surface area contributed by atoms with Crippen molar-refractivity contribution in [3.8, 4) is 0 Å². The van der Waals surface area contributed by atoms with Gasteiger partial charge in [-0.2, -0.15) is 0 Å². The molecule has 0 aliphatic carbocycles. The number of carbonyl (C=O) groups is 1. The Morgan fingerprint density at radius 2 is 2.12 bits per heavy atom. The van der Waals surface area contributed by atoms with Gasteiger partial charge in [-0.25, -0.2) is 0 Å². The Labute approximate surface area is 146 Å². The number of hydrogen-bond acceptors (Lipinski definition) is 5. The molecule has 3 N–H and O–H groups in total. The van der Waals surface area contributed by atoms with Crippen molar-refractivity contribution >= 4 is 22.8 Å². The minimum Gasteiger partial charge on any atom is -0.440 e.